The number of hydrogen-bond donors (Lipinski definition) is 0. The first-order chi connectivity index (χ1) is 6.20. The molecule has 0 aliphatic heterocycles. The van der Waals surface area contributed by atoms with Gasteiger partial charge in [-0.3, -0.25) is 0 Å². The van der Waals surface area contributed by atoms with Crippen LogP contribution in [0.2, 0.25) is 0 Å². The van der Waals surface area contributed by atoms with Gasteiger partial charge in [-0.15, -0.1) is 0 Å². The second-order valence-corrected chi connectivity index (χ2v) is 3.99. The Morgan fingerprint density at radius 3 is 2.62 bits per heavy atom. The fourth-order valence-corrected chi connectivity index (χ4v) is 2.16. The van der Waals surface area contributed by atoms with E-state index in [1.807, 2.05) is 0 Å². The molecule has 1 atom stereocenters. The molecule has 0 amide bonds. The zero-order valence-electron chi connectivity index (χ0n) is 8.59. The number of rotatable bonds is 1. The summed E-state index contributed by atoms with van der Waals surface area (Å²) >= 11 is 0. The highest BCUT2D eigenvalue weighted by Gasteiger charge is 2.20. The summed E-state index contributed by atoms with van der Waals surface area (Å²) in [5, 5.41) is 0. The lowest BCUT2D eigenvalue weighted by atomic mass is 9.88. The smallest absolute Gasteiger partial charge is 0.0234 e. The maximum atomic E-state index is 2.39. The molecule has 0 nitrogen and oxygen atoms in total. The van der Waals surface area contributed by atoms with Crippen LogP contribution in [-0.4, -0.2) is 0 Å². The fourth-order valence-electron chi connectivity index (χ4n) is 2.16. The molecule has 0 fully saturated rings. The number of hydrogen-bond acceptors (Lipinski definition) is 0. The largest absolute Gasteiger partial charge is 0.0698 e. The summed E-state index contributed by atoms with van der Waals surface area (Å²) in [5.41, 5.74) is 5.83. The van der Waals surface area contributed by atoms with Gasteiger partial charge in [0, 0.05) is 5.92 Å². The summed E-state index contributed by atoms with van der Waals surface area (Å²) in [7, 11) is 0. The van der Waals surface area contributed by atoms with E-state index in [2.05, 4.69) is 45.1 Å². The van der Waals surface area contributed by atoms with Crippen LogP contribution in [0, 0.1) is 5.92 Å². The summed E-state index contributed by atoms with van der Waals surface area (Å²) in [6.07, 6.45) is 10.5. The molecule has 0 radical (unpaired) electrons. The average molecular weight is 172 g/mol. The Bertz CT molecular complexity index is 348. The summed E-state index contributed by atoms with van der Waals surface area (Å²) < 4.78 is 0. The van der Waals surface area contributed by atoms with Gasteiger partial charge in [0.2, 0.25) is 0 Å². The van der Waals surface area contributed by atoms with Crippen molar-refractivity contribution < 1.29 is 0 Å². The average Bonchev–Trinajstić information content (AvgIpc) is 2.47. The minimum Gasteiger partial charge on any atom is -0.0698 e. The molecule has 0 heteroatoms. The third kappa shape index (κ3) is 1.41. The van der Waals surface area contributed by atoms with E-state index in [-0.39, 0.29) is 0 Å². The van der Waals surface area contributed by atoms with Crippen LogP contribution in [0.25, 0.3) is 0 Å². The lowest BCUT2D eigenvalue weighted by molar-refractivity contribution is 0.913. The van der Waals surface area contributed by atoms with E-state index in [9.17, 15) is 0 Å². The summed E-state index contributed by atoms with van der Waals surface area (Å²) in [6, 6.07) is 0. The van der Waals surface area contributed by atoms with Crippen molar-refractivity contribution in [1.29, 1.82) is 0 Å². The second kappa shape index (κ2) is 3.02. The highest BCUT2D eigenvalue weighted by atomic mass is 14.2. The predicted octanol–water partition coefficient (Wildman–Crippen LogP) is 3.79. The first-order valence-corrected chi connectivity index (χ1v) is 4.99. The SMILES string of the molecule is CCC1=CC2C(C)=CC(C)=CC2=C1. The Morgan fingerprint density at radius 1 is 1.15 bits per heavy atom. The van der Waals surface area contributed by atoms with Crippen LogP contribution in [0.15, 0.2) is 46.6 Å². The van der Waals surface area contributed by atoms with Gasteiger partial charge in [-0.05, 0) is 25.8 Å². The maximum Gasteiger partial charge on any atom is 0.0234 e. The molecule has 13 heavy (non-hydrogen) atoms. The lowest BCUT2D eigenvalue weighted by Crippen LogP contribution is -2.02. The van der Waals surface area contributed by atoms with Crippen LogP contribution in [0.1, 0.15) is 27.2 Å². The van der Waals surface area contributed by atoms with Crippen molar-refractivity contribution >= 4 is 0 Å². The Kier molecular flexibility index (Phi) is 1.99. The molecule has 2 rings (SSSR count). The zero-order valence-corrected chi connectivity index (χ0v) is 8.59. The molecule has 0 saturated heterocycles. The zero-order chi connectivity index (χ0) is 9.42. The molecular weight excluding hydrogens is 156 g/mol. The van der Waals surface area contributed by atoms with Gasteiger partial charge in [-0.2, -0.15) is 0 Å². The molecule has 0 aromatic carbocycles. The molecule has 0 saturated carbocycles. The van der Waals surface area contributed by atoms with Crippen LogP contribution in [0.3, 0.4) is 0 Å². The van der Waals surface area contributed by atoms with Gasteiger partial charge in [-0.25, -0.2) is 0 Å². The van der Waals surface area contributed by atoms with Crippen molar-refractivity contribution in [3.8, 4) is 0 Å². The van der Waals surface area contributed by atoms with E-state index in [1.165, 1.54) is 22.3 Å². The van der Waals surface area contributed by atoms with Crippen LogP contribution in [-0.2, 0) is 0 Å². The van der Waals surface area contributed by atoms with Crippen molar-refractivity contribution in [2.75, 3.05) is 0 Å². The molecular formula is C13H16. The first-order valence-electron chi connectivity index (χ1n) is 4.99. The molecule has 0 aromatic heterocycles. The van der Waals surface area contributed by atoms with E-state index in [0.29, 0.717) is 5.92 Å². The summed E-state index contributed by atoms with van der Waals surface area (Å²) in [5.74, 6) is 0.582. The molecule has 0 bridgehead atoms. The quantitative estimate of drug-likeness (QED) is 0.564. The van der Waals surface area contributed by atoms with Crippen LogP contribution in [0.4, 0.5) is 0 Å². The highest BCUT2D eigenvalue weighted by Crippen LogP contribution is 2.36. The van der Waals surface area contributed by atoms with Crippen molar-refractivity contribution in [2.24, 2.45) is 5.92 Å². The van der Waals surface area contributed by atoms with Crippen molar-refractivity contribution in [3.63, 3.8) is 0 Å². The van der Waals surface area contributed by atoms with E-state index >= 15 is 0 Å². The van der Waals surface area contributed by atoms with Gasteiger partial charge in [0.05, 0.1) is 0 Å². The van der Waals surface area contributed by atoms with E-state index in [0.717, 1.165) is 6.42 Å². The van der Waals surface area contributed by atoms with Gasteiger partial charge >= 0.3 is 0 Å². The molecule has 2 aliphatic carbocycles. The highest BCUT2D eigenvalue weighted by molar-refractivity contribution is 5.52. The number of fused-ring (bicyclic) bond motifs is 1. The maximum absolute atomic E-state index is 2.39. The van der Waals surface area contributed by atoms with E-state index < -0.39 is 0 Å². The first kappa shape index (κ1) is 8.55. The molecule has 0 N–H and O–H groups in total. The van der Waals surface area contributed by atoms with E-state index in [1.54, 1.807) is 0 Å². The molecule has 0 spiro atoms. The van der Waals surface area contributed by atoms with Crippen molar-refractivity contribution in [2.45, 2.75) is 27.2 Å². The minimum atomic E-state index is 0.582. The molecule has 1 unspecified atom stereocenters. The molecule has 0 aromatic rings. The van der Waals surface area contributed by atoms with Crippen LogP contribution in [0.5, 0.6) is 0 Å². The Morgan fingerprint density at radius 2 is 1.92 bits per heavy atom. The predicted molar refractivity (Wildman–Crippen MR) is 57.5 cm³/mol. The lowest BCUT2D eigenvalue weighted by Gasteiger charge is -2.17. The van der Waals surface area contributed by atoms with Gasteiger partial charge in [-0.1, -0.05) is 47.9 Å². The van der Waals surface area contributed by atoms with Crippen molar-refractivity contribution in [1.82, 2.24) is 0 Å². The number of allylic oxidation sites excluding steroid dienone is 8. The second-order valence-electron chi connectivity index (χ2n) is 3.99. The standard InChI is InChI=1S/C13H16/c1-4-11-7-12-6-9(2)5-10(3)13(12)8-11/h5-8,13H,4H2,1-3H3. The van der Waals surface area contributed by atoms with E-state index in [4.69, 9.17) is 0 Å². The Hall–Kier alpha value is -1.04. The Labute approximate surface area is 80.3 Å². The topological polar surface area (TPSA) is 0 Å². The van der Waals surface area contributed by atoms with Crippen LogP contribution >= 0.6 is 0 Å². The normalized spacial score (nSPS) is 25.9. The summed E-state index contributed by atoms with van der Waals surface area (Å²) in [6.45, 7) is 6.62. The van der Waals surface area contributed by atoms with Gasteiger partial charge in [0.25, 0.3) is 0 Å². The fraction of sp³-hybridized carbons (Fsp3) is 0.385. The third-order valence-electron chi connectivity index (χ3n) is 2.84. The summed E-state index contributed by atoms with van der Waals surface area (Å²) in [4.78, 5) is 0. The minimum absolute atomic E-state index is 0.582. The van der Waals surface area contributed by atoms with Gasteiger partial charge < -0.3 is 0 Å². The monoisotopic (exact) mass is 172 g/mol. The third-order valence-corrected chi connectivity index (χ3v) is 2.84. The molecule has 0 heterocycles. The van der Waals surface area contributed by atoms with Gasteiger partial charge in [0.1, 0.15) is 0 Å². The van der Waals surface area contributed by atoms with Crippen molar-refractivity contribution in [3.05, 3.63) is 46.6 Å². The van der Waals surface area contributed by atoms with Crippen LogP contribution < -0.4 is 0 Å². The molecule has 68 valence electrons. The molecule has 2 aliphatic rings. The Balaban J connectivity index is 2.39. The van der Waals surface area contributed by atoms with Gasteiger partial charge in [0.15, 0.2) is 0 Å².